The number of amides is 1. The third kappa shape index (κ3) is 3.85. The predicted octanol–water partition coefficient (Wildman–Crippen LogP) is 4.04. The number of hydrogen-bond acceptors (Lipinski definition) is 5. The molecule has 0 aliphatic heterocycles. The Morgan fingerprint density at radius 1 is 1.22 bits per heavy atom. The second-order valence-corrected chi connectivity index (χ2v) is 6.50. The van der Waals surface area contributed by atoms with E-state index in [1.165, 1.54) is 29.5 Å². The van der Waals surface area contributed by atoms with Crippen LogP contribution in [0.2, 0.25) is 0 Å². The lowest BCUT2D eigenvalue weighted by Crippen LogP contribution is -2.07. The monoisotopic (exact) mass is 381 g/mol. The molecule has 0 saturated carbocycles. The van der Waals surface area contributed by atoms with Crippen LogP contribution in [0.3, 0.4) is 0 Å². The molecule has 0 aliphatic rings. The van der Waals surface area contributed by atoms with Gasteiger partial charge in [0.15, 0.2) is 10.7 Å². The molecule has 2 aromatic carbocycles. The summed E-state index contributed by atoms with van der Waals surface area (Å²) in [4.78, 5) is 30.2. The Balaban J connectivity index is 1.47. The molecule has 0 unspecified atom stereocenters. The highest BCUT2D eigenvalue weighted by Crippen LogP contribution is 2.27. The van der Waals surface area contributed by atoms with E-state index in [1.54, 1.807) is 35.7 Å². The normalized spacial score (nSPS) is 11.3. The first-order valence-corrected chi connectivity index (χ1v) is 8.78. The highest BCUT2D eigenvalue weighted by molar-refractivity contribution is 7.14. The second-order valence-electron chi connectivity index (χ2n) is 5.64. The van der Waals surface area contributed by atoms with Crippen LogP contribution in [0.15, 0.2) is 63.1 Å². The molecule has 4 aromatic rings. The van der Waals surface area contributed by atoms with Gasteiger partial charge < -0.3 is 4.42 Å². The van der Waals surface area contributed by atoms with Crippen molar-refractivity contribution in [3.63, 3.8) is 0 Å². The number of halogens is 1. The van der Waals surface area contributed by atoms with Gasteiger partial charge in [0.25, 0.3) is 0 Å². The number of aromatic amines is 1. The van der Waals surface area contributed by atoms with Gasteiger partial charge in [-0.2, -0.15) is 0 Å². The summed E-state index contributed by atoms with van der Waals surface area (Å²) in [6.07, 6.45) is 2.94. The number of H-pyrrole nitrogens is 1. The van der Waals surface area contributed by atoms with Gasteiger partial charge in [0.05, 0.1) is 11.2 Å². The van der Waals surface area contributed by atoms with E-state index in [1.807, 2.05) is 6.07 Å². The van der Waals surface area contributed by atoms with E-state index in [0.29, 0.717) is 27.5 Å². The number of oxazole rings is 1. The molecule has 2 heterocycles. The zero-order valence-corrected chi connectivity index (χ0v) is 14.5. The average molecular weight is 381 g/mol. The Morgan fingerprint density at radius 3 is 2.85 bits per heavy atom. The van der Waals surface area contributed by atoms with Crippen LogP contribution in [0.4, 0.5) is 9.52 Å². The van der Waals surface area contributed by atoms with Gasteiger partial charge in [0.1, 0.15) is 5.82 Å². The van der Waals surface area contributed by atoms with Crippen LogP contribution >= 0.6 is 11.3 Å². The molecule has 0 aliphatic carbocycles. The predicted molar refractivity (Wildman–Crippen MR) is 102 cm³/mol. The first kappa shape index (κ1) is 16.9. The fourth-order valence-electron chi connectivity index (χ4n) is 2.46. The smallest absolute Gasteiger partial charge is 0.408 e. The fraction of sp³-hybridized carbons (Fsp3) is 0. The first-order chi connectivity index (χ1) is 13.1. The molecule has 2 N–H and O–H groups in total. The van der Waals surface area contributed by atoms with Gasteiger partial charge in [0, 0.05) is 17.0 Å². The minimum absolute atomic E-state index is 0.330. The van der Waals surface area contributed by atoms with Crippen molar-refractivity contribution in [3.05, 3.63) is 75.9 Å². The Hall–Kier alpha value is -3.52. The highest BCUT2D eigenvalue weighted by Gasteiger charge is 2.09. The van der Waals surface area contributed by atoms with Crippen LogP contribution in [-0.2, 0) is 4.79 Å². The quantitative estimate of drug-likeness (QED) is 0.522. The van der Waals surface area contributed by atoms with Crippen LogP contribution in [0, 0.1) is 5.82 Å². The molecule has 0 bridgehead atoms. The lowest BCUT2D eigenvalue weighted by molar-refractivity contribution is -0.111. The second kappa shape index (κ2) is 7.00. The zero-order valence-electron chi connectivity index (χ0n) is 13.7. The largest absolute Gasteiger partial charge is 0.417 e. The third-order valence-electron chi connectivity index (χ3n) is 3.75. The molecule has 0 saturated heterocycles. The number of anilines is 1. The van der Waals surface area contributed by atoms with E-state index in [4.69, 9.17) is 4.42 Å². The number of nitrogens with one attached hydrogen (secondary N) is 2. The maximum Gasteiger partial charge on any atom is 0.417 e. The maximum atomic E-state index is 12.9. The minimum atomic E-state index is -0.513. The van der Waals surface area contributed by atoms with Crippen molar-refractivity contribution in [3.8, 4) is 11.3 Å². The van der Waals surface area contributed by atoms with Gasteiger partial charge in [-0.3, -0.25) is 15.1 Å². The van der Waals surface area contributed by atoms with Crippen molar-refractivity contribution >= 4 is 39.6 Å². The van der Waals surface area contributed by atoms with Gasteiger partial charge in [-0.05, 0) is 35.9 Å². The summed E-state index contributed by atoms with van der Waals surface area (Å²) in [6.45, 7) is 0. The van der Waals surface area contributed by atoms with Crippen molar-refractivity contribution < 1.29 is 13.6 Å². The van der Waals surface area contributed by atoms with Crippen LogP contribution < -0.4 is 11.1 Å². The van der Waals surface area contributed by atoms with Gasteiger partial charge in [-0.1, -0.05) is 18.2 Å². The Labute approximate surface area is 156 Å². The van der Waals surface area contributed by atoms with Crippen molar-refractivity contribution in [2.24, 2.45) is 0 Å². The molecule has 0 radical (unpaired) electrons. The van der Waals surface area contributed by atoms with Crippen molar-refractivity contribution in [1.29, 1.82) is 0 Å². The minimum Gasteiger partial charge on any atom is -0.408 e. The fourth-order valence-corrected chi connectivity index (χ4v) is 3.18. The molecule has 0 spiro atoms. The van der Waals surface area contributed by atoms with Crippen LogP contribution in [0.5, 0.6) is 0 Å². The number of hydrogen-bond donors (Lipinski definition) is 2. The number of fused-ring (bicyclic) bond motifs is 1. The molecule has 6 nitrogen and oxygen atoms in total. The average Bonchev–Trinajstić information content (AvgIpc) is 3.26. The maximum absolute atomic E-state index is 12.9. The van der Waals surface area contributed by atoms with Gasteiger partial charge in [-0.25, -0.2) is 14.2 Å². The molecule has 0 fully saturated rings. The molecule has 2 aromatic heterocycles. The van der Waals surface area contributed by atoms with Crippen LogP contribution in [-0.4, -0.2) is 15.9 Å². The van der Waals surface area contributed by atoms with E-state index in [-0.39, 0.29) is 11.7 Å². The first-order valence-electron chi connectivity index (χ1n) is 7.90. The standard InChI is InChI=1S/C19H12FN3O3S/c20-13-5-1-11(2-6-13)3-8-17(24)23-18-21-15(10-27-18)12-4-7-14-16(9-12)26-19(25)22-14/h1-10H,(H,22,25)(H,21,23,24)/b8-3+. The SMILES string of the molecule is O=C(/C=C/c1ccc(F)cc1)Nc1nc(-c2ccc3[nH]c(=O)oc3c2)cs1. The number of rotatable bonds is 4. The van der Waals surface area contributed by atoms with Crippen molar-refractivity contribution in [1.82, 2.24) is 9.97 Å². The zero-order chi connectivity index (χ0) is 18.8. The molecular weight excluding hydrogens is 369 g/mol. The number of thiazole rings is 1. The summed E-state index contributed by atoms with van der Waals surface area (Å²) >= 11 is 1.28. The number of nitrogens with zero attached hydrogens (tertiary/aromatic N) is 1. The number of carbonyl (C=O) groups excluding carboxylic acids is 1. The molecule has 27 heavy (non-hydrogen) atoms. The van der Waals surface area contributed by atoms with E-state index < -0.39 is 5.76 Å². The van der Waals surface area contributed by atoms with Crippen LogP contribution in [0.25, 0.3) is 28.4 Å². The lowest BCUT2D eigenvalue weighted by atomic mass is 10.1. The van der Waals surface area contributed by atoms with Gasteiger partial charge in [0.2, 0.25) is 5.91 Å². The molecule has 8 heteroatoms. The van der Waals surface area contributed by atoms with Gasteiger partial charge >= 0.3 is 5.76 Å². The highest BCUT2D eigenvalue weighted by atomic mass is 32.1. The van der Waals surface area contributed by atoms with Crippen LogP contribution in [0.1, 0.15) is 5.56 Å². The lowest BCUT2D eigenvalue weighted by Gasteiger charge is -1.98. The van der Waals surface area contributed by atoms with E-state index in [9.17, 15) is 14.0 Å². The third-order valence-corrected chi connectivity index (χ3v) is 4.51. The summed E-state index contributed by atoms with van der Waals surface area (Å²) in [5.74, 6) is -1.18. The Kier molecular flexibility index (Phi) is 4.39. The molecule has 1 amide bonds. The summed E-state index contributed by atoms with van der Waals surface area (Å²) in [7, 11) is 0. The Morgan fingerprint density at radius 2 is 2.04 bits per heavy atom. The molecular formula is C19H12FN3O3S. The Bertz CT molecular complexity index is 1200. The number of benzene rings is 2. The van der Waals surface area contributed by atoms with Crippen molar-refractivity contribution in [2.75, 3.05) is 5.32 Å². The number of aromatic nitrogens is 2. The molecule has 0 atom stereocenters. The van der Waals surface area contributed by atoms with E-state index in [2.05, 4.69) is 15.3 Å². The summed E-state index contributed by atoms with van der Waals surface area (Å²) in [6, 6.07) is 11.1. The van der Waals surface area contributed by atoms with Gasteiger partial charge in [-0.15, -0.1) is 11.3 Å². The summed E-state index contributed by atoms with van der Waals surface area (Å²) < 4.78 is 17.9. The molecule has 134 valence electrons. The summed E-state index contributed by atoms with van der Waals surface area (Å²) in [5, 5.41) is 4.92. The topological polar surface area (TPSA) is 88.0 Å². The molecule has 4 rings (SSSR count). The summed E-state index contributed by atoms with van der Waals surface area (Å²) in [5.41, 5.74) is 3.19. The van der Waals surface area contributed by atoms with Crippen molar-refractivity contribution in [2.45, 2.75) is 0 Å². The number of carbonyl (C=O) groups is 1. The van der Waals surface area contributed by atoms with E-state index in [0.717, 1.165) is 5.56 Å². The van der Waals surface area contributed by atoms with E-state index >= 15 is 0 Å².